The van der Waals surface area contributed by atoms with Gasteiger partial charge in [0.2, 0.25) is 0 Å². The van der Waals surface area contributed by atoms with Gasteiger partial charge in [0.15, 0.2) is 11.5 Å². The summed E-state index contributed by atoms with van der Waals surface area (Å²) in [6.45, 7) is 5.74. The fraction of sp³-hybridized carbons (Fsp3) is 0.300. The van der Waals surface area contributed by atoms with Gasteiger partial charge in [-0.25, -0.2) is 4.98 Å². The molecule has 0 atom stereocenters. The highest BCUT2D eigenvalue weighted by molar-refractivity contribution is 5.80. The van der Waals surface area contributed by atoms with E-state index < -0.39 is 0 Å². The van der Waals surface area contributed by atoms with Crippen LogP contribution >= 0.6 is 0 Å². The molecule has 1 aromatic carbocycles. The SMILES string of the molecule is CC.Cc1nc2cc(N)c(O)cc2o1. The summed E-state index contributed by atoms with van der Waals surface area (Å²) in [5.74, 6) is 0.591. The third kappa shape index (κ3) is 1.79. The zero-order valence-corrected chi connectivity index (χ0v) is 8.53. The van der Waals surface area contributed by atoms with Gasteiger partial charge in [-0.1, -0.05) is 13.8 Å². The standard InChI is InChI=1S/C8H8N2O2.C2H6/c1-4-10-6-2-5(9)7(11)3-8(6)12-4;1-2/h2-3,11H,9H2,1H3;1-2H3. The number of phenolic OH excluding ortho intramolecular Hbond substituents is 1. The minimum Gasteiger partial charge on any atom is -0.506 e. The molecule has 0 aliphatic rings. The number of nitrogens with two attached hydrogens (primary N) is 1. The van der Waals surface area contributed by atoms with Crippen molar-refractivity contribution in [2.45, 2.75) is 20.8 Å². The normalized spacial score (nSPS) is 9.64. The lowest BCUT2D eigenvalue weighted by atomic mass is 10.3. The smallest absolute Gasteiger partial charge is 0.192 e. The molecule has 1 aromatic heterocycles. The zero-order valence-electron chi connectivity index (χ0n) is 8.53. The Balaban J connectivity index is 0.000000461. The Morgan fingerprint density at radius 2 is 2.00 bits per heavy atom. The molecule has 0 bridgehead atoms. The predicted octanol–water partition coefficient (Wildman–Crippen LogP) is 2.45. The summed E-state index contributed by atoms with van der Waals surface area (Å²) in [5.41, 5.74) is 7.00. The molecular formula is C10H14N2O2. The van der Waals surface area contributed by atoms with Gasteiger partial charge in [-0.15, -0.1) is 0 Å². The van der Waals surface area contributed by atoms with E-state index in [0.717, 1.165) is 0 Å². The van der Waals surface area contributed by atoms with Crippen LogP contribution < -0.4 is 5.73 Å². The van der Waals surface area contributed by atoms with Gasteiger partial charge in [-0.05, 0) is 6.07 Å². The van der Waals surface area contributed by atoms with E-state index >= 15 is 0 Å². The molecule has 0 saturated heterocycles. The van der Waals surface area contributed by atoms with Gasteiger partial charge in [0, 0.05) is 13.0 Å². The van der Waals surface area contributed by atoms with Crippen molar-refractivity contribution in [3.8, 4) is 5.75 Å². The van der Waals surface area contributed by atoms with E-state index in [1.165, 1.54) is 6.07 Å². The van der Waals surface area contributed by atoms with Crippen LogP contribution in [0.15, 0.2) is 16.5 Å². The lowest BCUT2D eigenvalue weighted by Gasteiger charge is -1.95. The van der Waals surface area contributed by atoms with Crippen LogP contribution in [0.3, 0.4) is 0 Å². The molecule has 0 unspecified atom stereocenters. The van der Waals surface area contributed by atoms with Gasteiger partial charge in [0.25, 0.3) is 0 Å². The lowest BCUT2D eigenvalue weighted by molar-refractivity contribution is 0.476. The van der Waals surface area contributed by atoms with E-state index in [0.29, 0.717) is 22.7 Å². The minimum atomic E-state index is 0.0265. The van der Waals surface area contributed by atoms with Gasteiger partial charge in [-0.3, -0.25) is 0 Å². The minimum absolute atomic E-state index is 0.0265. The summed E-state index contributed by atoms with van der Waals surface area (Å²) in [5, 5.41) is 9.21. The summed E-state index contributed by atoms with van der Waals surface area (Å²) in [6, 6.07) is 3.05. The summed E-state index contributed by atoms with van der Waals surface area (Å²) < 4.78 is 5.18. The van der Waals surface area contributed by atoms with Gasteiger partial charge < -0.3 is 15.3 Å². The van der Waals surface area contributed by atoms with Crippen molar-refractivity contribution in [2.75, 3.05) is 5.73 Å². The molecule has 0 saturated carbocycles. The molecule has 3 N–H and O–H groups in total. The number of fused-ring (bicyclic) bond motifs is 1. The molecule has 2 rings (SSSR count). The first-order valence-corrected chi connectivity index (χ1v) is 4.52. The van der Waals surface area contributed by atoms with Crippen molar-refractivity contribution in [1.82, 2.24) is 4.98 Å². The third-order valence-electron chi connectivity index (χ3n) is 1.64. The molecule has 0 radical (unpaired) electrons. The highest BCUT2D eigenvalue weighted by atomic mass is 16.3. The highest BCUT2D eigenvalue weighted by Gasteiger charge is 2.05. The van der Waals surface area contributed by atoms with E-state index in [9.17, 15) is 5.11 Å². The lowest BCUT2D eigenvalue weighted by Crippen LogP contribution is -1.84. The van der Waals surface area contributed by atoms with Gasteiger partial charge in [0.1, 0.15) is 11.3 Å². The Hall–Kier alpha value is -1.71. The first kappa shape index (κ1) is 10.4. The number of anilines is 1. The predicted molar refractivity (Wildman–Crippen MR) is 56.2 cm³/mol. The van der Waals surface area contributed by atoms with Crippen LogP contribution in [0.5, 0.6) is 5.75 Å². The molecule has 0 amide bonds. The first-order valence-electron chi connectivity index (χ1n) is 4.52. The van der Waals surface area contributed by atoms with E-state index in [1.807, 2.05) is 13.8 Å². The maximum Gasteiger partial charge on any atom is 0.192 e. The Kier molecular flexibility index (Phi) is 2.96. The van der Waals surface area contributed by atoms with Crippen molar-refractivity contribution in [1.29, 1.82) is 0 Å². The monoisotopic (exact) mass is 194 g/mol. The van der Waals surface area contributed by atoms with E-state index in [2.05, 4.69) is 4.98 Å². The number of nitrogens with zero attached hydrogens (tertiary/aromatic N) is 1. The van der Waals surface area contributed by atoms with Gasteiger partial charge in [0.05, 0.1) is 5.69 Å². The second-order valence-electron chi connectivity index (χ2n) is 2.61. The number of aromatic hydroxyl groups is 1. The van der Waals surface area contributed by atoms with Crippen molar-refractivity contribution in [3.05, 3.63) is 18.0 Å². The zero-order chi connectivity index (χ0) is 10.7. The number of aromatic nitrogens is 1. The number of aryl methyl sites for hydroxylation is 1. The summed E-state index contributed by atoms with van der Waals surface area (Å²) >= 11 is 0. The average Bonchev–Trinajstić information content (AvgIpc) is 2.49. The number of nitrogen functional groups attached to an aromatic ring is 1. The molecular weight excluding hydrogens is 180 g/mol. The van der Waals surface area contributed by atoms with Crippen LogP contribution in [0.1, 0.15) is 19.7 Å². The molecule has 2 aromatic rings. The number of hydrogen-bond acceptors (Lipinski definition) is 4. The van der Waals surface area contributed by atoms with Crippen LogP contribution in [-0.4, -0.2) is 10.1 Å². The molecule has 0 spiro atoms. The summed E-state index contributed by atoms with van der Waals surface area (Å²) in [4.78, 5) is 4.06. The largest absolute Gasteiger partial charge is 0.506 e. The van der Waals surface area contributed by atoms with Crippen molar-refractivity contribution >= 4 is 16.8 Å². The van der Waals surface area contributed by atoms with Gasteiger partial charge in [-0.2, -0.15) is 0 Å². The van der Waals surface area contributed by atoms with Crippen LogP contribution in [0, 0.1) is 6.92 Å². The topological polar surface area (TPSA) is 72.3 Å². The van der Waals surface area contributed by atoms with Crippen LogP contribution in [0.2, 0.25) is 0 Å². The van der Waals surface area contributed by atoms with Crippen LogP contribution in [0.25, 0.3) is 11.1 Å². The number of hydrogen-bond donors (Lipinski definition) is 2. The maximum atomic E-state index is 9.21. The average molecular weight is 194 g/mol. The second kappa shape index (κ2) is 4.00. The third-order valence-corrected chi connectivity index (χ3v) is 1.64. The van der Waals surface area contributed by atoms with Gasteiger partial charge >= 0.3 is 0 Å². The summed E-state index contributed by atoms with van der Waals surface area (Å²) in [7, 11) is 0. The van der Waals surface area contributed by atoms with Crippen molar-refractivity contribution in [2.24, 2.45) is 0 Å². The molecule has 4 heteroatoms. The maximum absolute atomic E-state index is 9.21. The van der Waals surface area contributed by atoms with E-state index in [1.54, 1.807) is 13.0 Å². The van der Waals surface area contributed by atoms with Crippen LogP contribution in [-0.2, 0) is 0 Å². The molecule has 1 heterocycles. The number of rotatable bonds is 0. The first-order chi connectivity index (χ1) is 6.66. The highest BCUT2D eigenvalue weighted by Crippen LogP contribution is 2.26. The van der Waals surface area contributed by atoms with E-state index in [-0.39, 0.29) is 5.75 Å². The summed E-state index contributed by atoms with van der Waals surface area (Å²) in [6.07, 6.45) is 0. The Morgan fingerprint density at radius 1 is 1.36 bits per heavy atom. The van der Waals surface area contributed by atoms with Crippen LogP contribution in [0.4, 0.5) is 5.69 Å². The molecule has 0 aliphatic carbocycles. The fourth-order valence-electron chi connectivity index (χ4n) is 1.09. The Labute approximate surface area is 82.4 Å². The molecule has 0 fully saturated rings. The van der Waals surface area contributed by atoms with Crippen molar-refractivity contribution < 1.29 is 9.52 Å². The second-order valence-corrected chi connectivity index (χ2v) is 2.61. The molecule has 76 valence electrons. The number of oxazole rings is 1. The number of phenols is 1. The Morgan fingerprint density at radius 3 is 2.64 bits per heavy atom. The van der Waals surface area contributed by atoms with Crippen molar-refractivity contribution in [3.63, 3.8) is 0 Å². The van der Waals surface area contributed by atoms with E-state index in [4.69, 9.17) is 10.2 Å². The molecule has 0 aliphatic heterocycles. The Bertz CT molecular complexity index is 396. The number of benzene rings is 1. The molecule has 14 heavy (non-hydrogen) atoms. The quantitative estimate of drug-likeness (QED) is 0.499. The molecule has 4 nitrogen and oxygen atoms in total. The fourth-order valence-corrected chi connectivity index (χ4v) is 1.09.